The van der Waals surface area contributed by atoms with Crippen molar-refractivity contribution in [2.45, 2.75) is 42.9 Å². The lowest BCUT2D eigenvalue weighted by atomic mass is 9.81. The van der Waals surface area contributed by atoms with Crippen LogP contribution in [0.25, 0.3) is 0 Å². The van der Waals surface area contributed by atoms with Crippen molar-refractivity contribution in [3.05, 3.63) is 28.8 Å². The molecule has 1 saturated carbocycles. The zero-order chi connectivity index (χ0) is 14.8. The minimum Gasteiger partial charge on any atom is -0.282 e. The van der Waals surface area contributed by atoms with E-state index in [1.807, 2.05) is 0 Å². The molecule has 0 radical (unpaired) electrons. The van der Waals surface area contributed by atoms with Crippen LogP contribution in [0, 0.1) is 24.7 Å². The average Bonchev–Trinajstić information content (AvgIpc) is 2.45. The summed E-state index contributed by atoms with van der Waals surface area (Å²) in [5.41, 5.74) is 1.44. The Morgan fingerprint density at radius 3 is 2.15 bits per heavy atom. The van der Waals surface area contributed by atoms with Crippen LogP contribution in [0.4, 0.5) is 0 Å². The Morgan fingerprint density at radius 1 is 1.05 bits per heavy atom. The fourth-order valence-corrected chi connectivity index (χ4v) is 3.53. The van der Waals surface area contributed by atoms with Gasteiger partial charge in [0, 0.05) is 5.56 Å². The fraction of sp³-hybridized carbons (Fsp3) is 0.375. The lowest BCUT2D eigenvalue weighted by Crippen LogP contribution is -2.10. The Bertz CT molecular complexity index is 696. The van der Waals surface area contributed by atoms with Crippen molar-refractivity contribution in [2.24, 2.45) is 0 Å². The third-order valence-corrected chi connectivity index (χ3v) is 4.71. The largest absolute Gasteiger partial charge is 0.295 e. The molecule has 2 rings (SSSR count). The van der Waals surface area contributed by atoms with Gasteiger partial charge in [-0.3, -0.25) is 4.55 Å². The van der Waals surface area contributed by atoms with Gasteiger partial charge in [-0.15, -0.1) is 12.8 Å². The van der Waals surface area contributed by atoms with Crippen molar-refractivity contribution >= 4 is 10.1 Å². The van der Waals surface area contributed by atoms with Crippen LogP contribution in [0.3, 0.4) is 0 Å². The molecule has 4 heteroatoms. The van der Waals surface area contributed by atoms with Gasteiger partial charge in [-0.05, 0) is 30.4 Å². The first-order chi connectivity index (χ1) is 9.49. The Kier molecular flexibility index (Phi) is 4.18. The second-order valence-electron chi connectivity index (χ2n) is 5.00. The highest BCUT2D eigenvalue weighted by atomic mass is 32.2. The number of rotatable bonds is 2. The minimum absolute atomic E-state index is 0.0954. The molecule has 0 spiro atoms. The summed E-state index contributed by atoms with van der Waals surface area (Å²) in [4.78, 5) is -0.285. The van der Waals surface area contributed by atoms with Gasteiger partial charge in [-0.25, -0.2) is 0 Å². The second-order valence-corrected chi connectivity index (χ2v) is 6.39. The van der Waals surface area contributed by atoms with E-state index in [0.717, 1.165) is 31.2 Å². The fourth-order valence-electron chi connectivity index (χ4n) is 2.87. The van der Waals surface area contributed by atoms with E-state index in [9.17, 15) is 13.0 Å². The summed E-state index contributed by atoms with van der Waals surface area (Å²) in [6, 6.07) is 3.05. The molecule has 1 N–H and O–H groups in total. The summed E-state index contributed by atoms with van der Waals surface area (Å²) in [6.45, 7) is 0. The summed E-state index contributed by atoms with van der Waals surface area (Å²) >= 11 is 0. The van der Waals surface area contributed by atoms with Gasteiger partial charge < -0.3 is 0 Å². The van der Waals surface area contributed by atoms with Crippen LogP contribution in [0.5, 0.6) is 0 Å². The molecule has 1 fully saturated rings. The van der Waals surface area contributed by atoms with Gasteiger partial charge in [0.25, 0.3) is 10.1 Å². The predicted octanol–water partition coefficient (Wildman–Crippen LogP) is 2.94. The standard InChI is InChI=1S/C16H16O3S/c1-3-13-14(4-2)16(20(17,18)19)11-10-15(13)12-8-6-5-7-9-12/h1-2,10-12H,5-9H2,(H,17,18,19). The molecule has 3 nitrogen and oxygen atoms in total. The Labute approximate surface area is 120 Å². The average molecular weight is 288 g/mol. The van der Waals surface area contributed by atoms with E-state index in [1.165, 1.54) is 12.5 Å². The van der Waals surface area contributed by atoms with Crippen LogP contribution in [0.2, 0.25) is 0 Å². The van der Waals surface area contributed by atoms with Gasteiger partial charge in [-0.2, -0.15) is 8.42 Å². The molecule has 1 aliphatic rings. The maximum atomic E-state index is 11.4. The summed E-state index contributed by atoms with van der Waals surface area (Å²) in [5.74, 6) is 5.14. The lowest BCUT2D eigenvalue weighted by molar-refractivity contribution is 0.442. The summed E-state index contributed by atoms with van der Waals surface area (Å²) in [6.07, 6.45) is 16.5. The second kappa shape index (κ2) is 5.71. The monoisotopic (exact) mass is 288 g/mol. The van der Waals surface area contributed by atoms with Crippen molar-refractivity contribution in [2.75, 3.05) is 0 Å². The number of hydrogen-bond acceptors (Lipinski definition) is 2. The van der Waals surface area contributed by atoms with Crippen molar-refractivity contribution in [3.8, 4) is 24.7 Å². The number of benzene rings is 1. The Morgan fingerprint density at radius 2 is 1.65 bits per heavy atom. The Hall–Kier alpha value is -1.75. The highest BCUT2D eigenvalue weighted by Crippen LogP contribution is 2.36. The van der Waals surface area contributed by atoms with Crippen LogP contribution in [0.1, 0.15) is 54.7 Å². The first-order valence-corrected chi connectivity index (χ1v) is 8.00. The van der Waals surface area contributed by atoms with Crippen LogP contribution in [-0.4, -0.2) is 13.0 Å². The van der Waals surface area contributed by atoms with Gasteiger partial charge >= 0.3 is 0 Å². The Balaban J connectivity index is 2.62. The molecule has 1 aromatic rings. The summed E-state index contributed by atoms with van der Waals surface area (Å²) in [7, 11) is -4.36. The van der Waals surface area contributed by atoms with E-state index in [2.05, 4.69) is 11.8 Å². The lowest BCUT2D eigenvalue weighted by Gasteiger charge is -2.24. The van der Waals surface area contributed by atoms with Crippen molar-refractivity contribution in [1.29, 1.82) is 0 Å². The first kappa shape index (κ1) is 14.7. The van der Waals surface area contributed by atoms with Gasteiger partial charge in [0.2, 0.25) is 0 Å². The molecule has 0 aliphatic heterocycles. The maximum Gasteiger partial charge on any atom is 0.295 e. The molecule has 1 aromatic carbocycles. The third-order valence-electron chi connectivity index (χ3n) is 3.81. The first-order valence-electron chi connectivity index (χ1n) is 6.56. The van der Waals surface area contributed by atoms with E-state index in [4.69, 9.17) is 12.8 Å². The molecule has 20 heavy (non-hydrogen) atoms. The zero-order valence-corrected chi connectivity index (χ0v) is 11.9. The molecule has 0 atom stereocenters. The molecular weight excluding hydrogens is 272 g/mol. The van der Waals surface area contributed by atoms with Gasteiger partial charge in [0.05, 0.1) is 5.56 Å². The van der Waals surface area contributed by atoms with E-state index >= 15 is 0 Å². The van der Waals surface area contributed by atoms with Crippen molar-refractivity contribution in [1.82, 2.24) is 0 Å². The van der Waals surface area contributed by atoms with E-state index in [-0.39, 0.29) is 10.5 Å². The number of hydrogen-bond donors (Lipinski definition) is 1. The highest BCUT2D eigenvalue weighted by Gasteiger charge is 2.24. The van der Waals surface area contributed by atoms with Crippen LogP contribution < -0.4 is 0 Å². The van der Waals surface area contributed by atoms with Crippen LogP contribution in [0.15, 0.2) is 17.0 Å². The normalized spacial score (nSPS) is 16.4. The summed E-state index contributed by atoms with van der Waals surface area (Å²) in [5, 5.41) is 0. The van der Waals surface area contributed by atoms with Crippen LogP contribution >= 0.6 is 0 Å². The zero-order valence-electron chi connectivity index (χ0n) is 11.1. The van der Waals surface area contributed by atoms with Crippen molar-refractivity contribution < 1.29 is 13.0 Å². The van der Waals surface area contributed by atoms with Gasteiger partial charge in [0.15, 0.2) is 0 Å². The highest BCUT2D eigenvalue weighted by molar-refractivity contribution is 7.85. The van der Waals surface area contributed by atoms with Crippen LogP contribution in [-0.2, 0) is 10.1 Å². The molecule has 0 saturated heterocycles. The molecule has 1 aliphatic carbocycles. The van der Waals surface area contributed by atoms with Crippen molar-refractivity contribution in [3.63, 3.8) is 0 Å². The van der Waals surface area contributed by atoms with E-state index in [0.29, 0.717) is 11.5 Å². The quantitative estimate of drug-likeness (QED) is 0.672. The minimum atomic E-state index is -4.36. The molecular formula is C16H16O3S. The molecule has 0 bridgehead atoms. The molecule has 0 amide bonds. The molecule has 0 unspecified atom stereocenters. The summed E-state index contributed by atoms with van der Waals surface area (Å²) < 4.78 is 31.9. The molecule has 104 valence electrons. The SMILES string of the molecule is C#Cc1c(C2CCCCC2)ccc(S(=O)(=O)O)c1C#C. The number of terminal acetylenes is 2. The van der Waals surface area contributed by atoms with Gasteiger partial charge in [0.1, 0.15) is 4.90 Å². The smallest absolute Gasteiger partial charge is 0.282 e. The van der Waals surface area contributed by atoms with E-state index < -0.39 is 10.1 Å². The predicted molar refractivity (Wildman–Crippen MR) is 78.0 cm³/mol. The molecule has 0 aromatic heterocycles. The van der Waals surface area contributed by atoms with Gasteiger partial charge in [-0.1, -0.05) is 37.2 Å². The maximum absolute atomic E-state index is 11.4. The third kappa shape index (κ3) is 2.72. The molecule has 0 heterocycles. The van der Waals surface area contributed by atoms with E-state index in [1.54, 1.807) is 6.07 Å². The topological polar surface area (TPSA) is 54.4 Å².